The summed E-state index contributed by atoms with van der Waals surface area (Å²) in [6.07, 6.45) is 6.58. The van der Waals surface area contributed by atoms with E-state index in [0.717, 1.165) is 41.4 Å². The second-order valence-electron chi connectivity index (χ2n) is 6.90. The summed E-state index contributed by atoms with van der Waals surface area (Å²) in [4.78, 5) is 8.86. The highest BCUT2D eigenvalue weighted by Gasteiger charge is 2.09. The first-order chi connectivity index (χ1) is 13.8. The third kappa shape index (κ3) is 3.09. The maximum atomic E-state index is 4.75. The number of aryl methyl sites for hydroxylation is 1. The van der Waals surface area contributed by atoms with Crippen LogP contribution in [0.15, 0.2) is 73.3 Å². The lowest BCUT2D eigenvalue weighted by Crippen LogP contribution is -2.08. The van der Waals surface area contributed by atoms with Gasteiger partial charge in [0.1, 0.15) is 5.82 Å². The molecule has 0 bridgehead atoms. The first-order valence-corrected chi connectivity index (χ1v) is 9.31. The summed E-state index contributed by atoms with van der Waals surface area (Å²) >= 11 is 0. The molecule has 3 aromatic heterocycles. The number of hydrogen-bond donors (Lipinski definition) is 1. The van der Waals surface area contributed by atoms with Gasteiger partial charge in [-0.3, -0.25) is 0 Å². The minimum atomic E-state index is 0.773. The molecule has 5 aromatic rings. The van der Waals surface area contributed by atoms with Crippen molar-refractivity contribution in [2.24, 2.45) is 7.05 Å². The average Bonchev–Trinajstić information content (AvgIpc) is 3.33. The minimum Gasteiger partial charge on any atom is -0.368 e. The summed E-state index contributed by atoms with van der Waals surface area (Å²) in [6.45, 7) is 0.773. The van der Waals surface area contributed by atoms with E-state index in [0.29, 0.717) is 0 Å². The SMILES string of the molecule is Cn1cnc(CCNc2ccc3ncc(-c4ccc5ccccc5c4)n3n2)c1. The Kier molecular flexibility index (Phi) is 4.01. The highest BCUT2D eigenvalue weighted by atomic mass is 15.3. The third-order valence-corrected chi connectivity index (χ3v) is 4.85. The molecule has 0 aliphatic heterocycles. The topological polar surface area (TPSA) is 60.0 Å². The van der Waals surface area contributed by atoms with Crippen molar-refractivity contribution in [1.82, 2.24) is 24.1 Å². The van der Waals surface area contributed by atoms with Crippen LogP contribution in [0, 0.1) is 0 Å². The Labute approximate surface area is 162 Å². The molecule has 6 nitrogen and oxygen atoms in total. The molecule has 138 valence electrons. The number of benzene rings is 2. The first-order valence-electron chi connectivity index (χ1n) is 9.31. The van der Waals surface area contributed by atoms with E-state index in [1.165, 1.54) is 10.8 Å². The smallest absolute Gasteiger partial charge is 0.154 e. The van der Waals surface area contributed by atoms with Crippen LogP contribution in [-0.4, -0.2) is 30.7 Å². The Hall–Kier alpha value is -3.67. The van der Waals surface area contributed by atoms with Gasteiger partial charge in [0.2, 0.25) is 0 Å². The molecular weight excluding hydrogens is 348 g/mol. The number of nitrogens with zero attached hydrogens (tertiary/aromatic N) is 5. The van der Waals surface area contributed by atoms with E-state index in [1.807, 2.05) is 47.0 Å². The van der Waals surface area contributed by atoms with Gasteiger partial charge in [0.15, 0.2) is 5.65 Å². The lowest BCUT2D eigenvalue weighted by Gasteiger charge is -2.07. The average molecular weight is 368 g/mol. The Morgan fingerprint density at radius 1 is 0.964 bits per heavy atom. The van der Waals surface area contributed by atoms with E-state index in [1.54, 1.807) is 0 Å². The van der Waals surface area contributed by atoms with E-state index in [4.69, 9.17) is 5.10 Å². The number of nitrogens with one attached hydrogen (secondary N) is 1. The highest BCUT2D eigenvalue weighted by Crippen LogP contribution is 2.25. The van der Waals surface area contributed by atoms with Crippen molar-refractivity contribution < 1.29 is 0 Å². The molecule has 0 saturated carbocycles. The molecule has 0 unspecified atom stereocenters. The van der Waals surface area contributed by atoms with Crippen LogP contribution in [0.5, 0.6) is 0 Å². The second-order valence-corrected chi connectivity index (χ2v) is 6.90. The number of anilines is 1. The van der Waals surface area contributed by atoms with Gasteiger partial charge in [-0.25, -0.2) is 14.5 Å². The Balaban J connectivity index is 1.42. The van der Waals surface area contributed by atoms with Gasteiger partial charge in [-0.05, 0) is 29.0 Å². The monoisotopic (exact) mass is 368 g/mol. The van der Waals surface area contributed by atoms with E-state index < -0.39 is 0 Å². The molecule has 0 aliphatic carbocycles. The number of aromatic nitrogens is 5. The molecule has 3 heterocycles. The van der Waals surface area contributed by atoms with Crippen molar-refractivity contribution in [3.8, 4) is 11.3 Å². The normalized spacial score (nSPS) is 11.3. The third-order valence-electron chi connectivity index (χ3n) is 4.85. The fraction of sp³-hybridized carbons (Fsp3) is 0.136. The zero-order chi connectivity index (χ0) is 18.9. The van der Waals surface area contributed by atoms with Crippen LogP contribution in [0.1, 0.15) is 5.69 Å². The molecular formula is C22H20N6. The molecule has 0 spiro atoms. The fourth-order valence-corrected chi connectivity index (χ4v) is 3.43. The van der Waals surface area contributed by atoms with Gasteiger partial charge in [0.25, 0.3) is 0 Å². The number of imidazole rings is 2. The van der Waals surface area contributed by atoms with Gasteiger partial charge in [-0.2, -0.15) is 0 Å². The summed E-state index contributed by atoms with van der Waals surface area (Å²) in [5, 5.41) is 10.6. The van der Waals surface area contributed by atoms with Crippen LogP contribution in [0.3, 0.4) is 0 Å². The molecule has 28 heavy (non-hydrogen) atoms. The minimum absolute atomic E-state index is 0.773. The predicted molar refractivity (Wildman–Crippen MR) is 111 cm³/mol. The largest absolute Gasteiger partial charge is 0.368 e. The van der Waals surface area contributed by atoms with Crippen molar-refractivity contribution in [1.29, 1.82) is 0 Å². The lowest BCUT2D eigenvalue weighted by molar-refractivity contribution is 0.904. The van der Waals surface area contributed by atoms with E-state index >= 15 is 0 Å². The van der Waals surface area contributed by atoms with Gasteiger partial charge < -0.3 is 9.88 Å². The summed E-state index contributed by atoms with van der Waals surface area (Å²) < 4.78 is 3.86. The van der Waals surface area contributed by atoms with Gasteiger partial charge in [-0.1, -0.05) is 36.4 Å². The van der Waals surface area contributed by atoms with E-state index in [2.05, 4.69) is 57.7 Å². The summed E-state index contributed by atoms with van der Waals surface area (Å²) in [6, 6.07) is 18.7. The molecule has 2 aromatic carbocycles. The molecule has 0 fully saturated rings. The van der Waals surface area contributed by atoms with Crippen LogP contribution in [-0.2, 0) is 13.5 Å². The molecule has 0 saturated heterocycles. The van der Waals surface area contributed by atoms with Gasteiger partial charge in [-0.15, -0.1) is 5.10 Å². The first kappa shape index (κ1) is 16.5. The molecule has 0 radical (unpaired) electrons. The van der Waals surface area contributed by atoms with Gasteiger partial charge >= 0.3 is 0 Å². The van der Waals surface area contributed by atoms with E-state index in [9.17, 15) is 0 Å². The summed E-state index contributed by atoms with van der Waals surface area (Å²) in [5.74, 6) is 0.823. The van der Waals surface area contributed by atoms with Crippen molar-refractivity contribution >= 4 is 22.2 Å². The quantitative estimate of drug-likeness (QED) is 0.510. The number of rotatable bonds is 5. The molecule has 0 amide bonds. The molecule has 0 atom stereocenters. The van der Waals surface area contributed by atoms with Crippen LogP contribution < -0.4 is 5.32 Å². The van der Waals surface area contributed by atoms with Crippen molar-refractivity contribution in [2.45, 2.75) is 6.42 Å². The fourth-order valence-electron chi connectivity index (χ4n) is 3.43. The van der Waals surface area contributed by atoms with Crippen LogP contribution in [0.4, 0.5) is 5.82 Å². The van der Waals surface area contributed by atoms with Crippen molar-refractivity contribution in [2.75, 3.05) is 11.9 Å². The van der Waals surface area contributed by atoms with Crippen LogP contribution in [0.25, 0.3) is 27.7 Å². The molecule has 1 N–H and O–H groups in total. The molecule has 5 rings (SSSR count). The lowest BCUT2D eigenvalue weighted by atomic mass is 10.1. The maximum Gasteiger partial charge on any atom is 0.154 e. The van der Waals surface area contributed by atoms with E-state index in [-0.39, 0.29) is 0 Å². The van der Waals surface area contributed by atoms with Crippen LogP contribution >= 0.6 is 0 Å². The second kappa shape index (κ2) is 6.81. The zero-order valence-electron chi connectivity index (χ0n) is 15.6. The zero-order valence-corrected chi connectivity index (χ0v) is 15.6. The Morgan fingerprint density at radius 2 is 1.86 bits per heavy atom. The Bertz CT molecular complexity index is 1270. The number of hydrogen-bond acceptors (Lipinski definition) is 4. The van der Waals surface area contributed by atoms with Gasteiger partial charge in [0.05, 0.1) is 23.9 Å². The Morgan fingerprint density at radius 3 is 2.71 bits per heavy atom. The number of fused-ring (bicyclic) bond motifs is 2. The standard InChI is InChI=1S/C22H20N6/c1-27-14-19(25-15-27)10-11-23-21-8-9-22-24-13-20(28(22)26-21)18-7-6-16-4-2-3-5-17(16)12-18/h2-9,12-15H,10-11H2,1H3,(H,23,26). The van der Waals surface area contributed by atoms with Crippen molar-refractivity contribution in [3.63, 3.8) is 0 Å². The molecule has 6 heteroatoms. The maximum absolute atomic E-state index is 4.75. The van der Waals surface area contributed by atoms with Gasteiger partial charge in [0, 0.05) is 31.8 Å². The summed E-state index contributed by atoms with van der Waals surface area (Å²) in [5.41, 5.74) is 3.98. The van der Waals surface area contributed by atoms with Crippen molar-refractivity contribution in [3.05, 3.63) is 79.0 Å². The molecule has 0 aliphatic rings. The highest BCUT2D eigenvalue weighted by molar-refractivity contribution is 5.87. The summed E-state index contributed by atoms with van der Waals surface area (Å²) in [7, 11) is 1.98. The predicted octanol–water partition coefficient (Wildman–Crippen LogP) is 3.94. The van der Waals surface area contributed by atoms with Crippen LogP contribution in [0.2, 0.25) is 0 Å².